The number of allylic oxidation sites excluding steroid dienone is 2. The zero-order chi connectivity index (χ0) is 15.8. The van der Waals surface area contributed by atoms with Gasteiger partial charge in [-0.1, -0.05) is 30.4 Å². The highest BCUT2D eigenvalue weighted by atomic mass is 19.1. The van der Waals surface area contributed by atoms with Gasteiger partial charge >= 0.3 is 0 Å². The normalized spacial score (nSPS) is 24.7. The molecule has 0 fully saturated rings. The van der Waals surface area contributed by atoms with Crippen LogP contribution in [0.5, 0.6) is 5.75 Å². The van der Waals surface area contributed by atoms with Crippen molar-refractivity contribution in [1.82, 2.24) is 0 Å². The van der Waals surface area contributed by atoms with E-state index in [9.17, 15) is 4.39 Å². The van der Waals surface area contributed by atoms with Crippen LogP contribution in [0.4, 0.5) is 10.1 Å². The van der Waals surface area contributed by atoms with E-state index in [1.165, 1.54) is 5.56 Å². The first-order valence-electron chi connectivity index (χ1n) is 8.22. The Bertz CT molecular complexity index is 755. The number of fused-ring (bicyclic) bond motifs is 3. The Balaban J connectivity index is 1.76. The molecule has 0 unspecified atom stereocenters. The summed E-state index contributed by atoms with van der Waals surface area (Å²) >= 11 is 0. The molecule has 2 nitrogen and oxygen atoms in total. The second-order valence-corrected chi connectivity index (χ2v) is 6.18. The van der Waals surface area contributed by atoms with Crippen LogP contribution < -0.4 is 10.1 Å². The third-order valence-corrected chi connectivity index (χ3v) is 4.89. The molecular weight excluding hydrogens is 289 g/mol. The summed E-state index contributed by atoms with van der Waals surface area (Å²) < 4.78 is 19.9. The molecule has 2 aromatic rings. The summed E-state index contributed by atoms with van der Waals surface area (Å²) in [6.45, 7) is 2.65. The Hall–Kier alpha value is -2.29. The lowest BCUT2D eigenvalue weighted by Crippen LogP contribution is -2.29. The van der Waals surface area contributed by atoms with Crippen LogP contribution in [0.3, 0.4) is 0 Å². The fourth-order valence-corrected chi connectivity index (χ4v) is 3.86. The second-order valence-electron chi connectivity index (χ2n) is 6.18. The van der Waals surface area contributed by atoms with Crippen molar-refractivity contribution in [3.05, 3.63) is 71.6 Å². The Morgan fingerprint density at radius 1 is 1.17 bits per heavy atom. The van der Waals surface area contributed by atoms with Crippen molar-refractivity contribution in [3.63, 3.8) is 0 Å². The summed E-state index contributed by atoms with van der Waals surface area (Å²) in [5.74, 6) is 1.43. The smallest absolute Gasteiger partial charge is 0.128 e. The van der Waals surface area contributed by atoms with E-state index in [0.717, 1.165) is 23.4 Å². The van der Waals surface area contributed by atoms with Crippen molar-refractivity contribution in [2.45, 2.75) is 25.3 Å². The van der Waals surface area contributed by atoms with E-state index in [1.54, 1.807) is 12.1 Å². The van der Waals surface area contributed by atoms with Gasteiger partial charge in [0.15, 0.2) is 0 Å². The molecule has 1 N–H and O–H groups in total. The molecule has 2 aliphatic rings. The molecular formula is C20H20FNO. The number of hydrogen-bond donors (Lipinski definition) is 1. The maximum absolute atomic E-state index is 14.3. The number of benzene rings is 2. The van der Waals surface area contributed by atoms with Crippen LogP contribution in [-0.4, -0.2) is 6.61 Å². The molecule has 3 heteroatoms. The average molecular weight is 309 g/mol. The average Bonchev–Trinajstić information content (AvgIpc) is 3.05. The first-order valence-corrected chi connectivity index (χ1v) is 8.22. The minimum atomic E-state index is -0.134. The van der Waals surface area contributed by atoms with E-state index in [4.69, 9.17) is 4.74 Å². The van der Waals surface area contributed by atoms with Gasteiger partial charge in [-0.25, -0.2) is 4.39 Å². The SMILES string of the molecule is CCOc1ccc2c(c1)[C@@H]1C=CC[C@H]1[C@@H](c1ccccc1F)N2. The number of nitrogens with one attached hydrogen (secondary N) is 1. The van der Waals surface area contributed by atoms with Gasteiger partial charge in [0.1, 0.15) is 11.6 Å². The van der Waals surface area contributed by atoms with Gasteiger partial charge < -0.3 is 10.1 Å². The Morgan fingerprint density at radius 2 is 2.04 bits per heavy atom. The predicted molar refractivity (Wildman–Crippen MR) is 90.4 cm³/mol. The highest BCUT2D eigenvalue weighted by Gasteiger charge is 2.38. The third-order valence-electron chi connectivity index (χ3n) is 4.89. The van der Waals surface area contributed by atoms with Gasteiger partial charge in [-0.05, 0) is 49.1 Å². The lowest BCUT2D eigenvalue weighted by atomic mass is 9.77. The molecule has 0 radical (unpaired) electrons. The summed E-state index contributed by atoms with van der Waals surface area (Å²) in [5, 5.41) is 3.56. The monoisotopic (exact) mass is 309 g/mol. The van der Waals surface area contributed by atoms with Gasteiger partial charge in [0.25, 0.3) is 0 Å². The molecule has 0 amide bonds. The Morgan fingerprint density at radius 3 is 2.87 bits per heavy atom. The number of anilines is 1. The number of halogens is 1. The van der Waals surface area contributed by atoms with Crippen LogP contribution in [0.2, 0.25) is 0 Å². The molecule has 3 atom stereocenters. The van der Waals surface area contributed by atoms with Crippen molar-refractivity contribution in [3.8, 4) is 5.75 Å². The third kappa shape index (κ3) is 2.40. The molecule has 118 valence electrons. The Labute approximate surface area is 136 Å². The molecule has 23 heavy (non-hydrogen) atoms. The number of ether oxygens (including phenoxy) is 1. The highest BCUT2D eigenvalue weighted by Crippen LogP contribution is 2.50. The van der Waals surface area contributed by atoms with Crippen LogP contribution in [0.1, 0.15) is 36.4 Å². The Kier molecular flexibility index (Phi) is 3.56. The second kappa shape index (κ2) is 5.73. The number of rotatable bonds is 3. The van der Waals surface area contributed by atoms with E-state index in [-0.39, 0.29) is 11.9 Å². The van der Waals surface area contributed by atoms with Crippen LogP contribution in [0.15, 0.2) is 54.6 Å². The van der Waals surface area contributed by atoms with E-state index in [2.05, 4.69) is 29.6 Å². The lowest BCUT2D eigenvalue weighted by Gasteiger charge is -2.37. The van der Waals surface area contributed by atoms with E-state index in [1.807, 2.05) is 25.1 Å². The van der Waals surface area contributed by atoms with E-state index in [0.29, 0.717) is 18.4 Å². The van der Waals surface area contributed by atoms with Gasteiger partial charge in [-0.15, -0.1) is 0 Å². The predicted octanol–water partition coefficient (Wildman–Crippen LogP) is 5.05. The topological polar surface area (TPSA) is 21.3 Å². The quantitative estimate of drug-likeness (QED) is 0.801. The van der Waals surface area contributed by atoms with E-state index >= 15 is 0 Å². The molecule has 1 heterocycles. The maximum Gasteiger partial charge on any atom is 0.128 e. The summed E-state index contributed by atoms with van der Waals surface area (Å²) in [4.78, 5) is 0. The minimum Gasteiger partial charge on any atom is -0.494 e. The first kappa shape index (κ1) is 14.3. The van der Waals surface area contributed by atoms with Gasteiger partial charge in [0.05, 0.1) is 12.6 Å². The molecule has 0 aromatic heterocycles. The molecule has 2 aromatic carbocycles. The van der Waals surface area contributed by atoms with Crippen molar-refractivity contribution >= 4 is 5.69 Å². The molecule has 1 aliphatic carbocycles. The van der Waals surface area contributed by atoms with Gasteiger partial charge in [-0.3, -0.25) is 0 Å². The zero-order valence-corrected chi connectivity index (χ0v) is 13.1. The molecule has 0 spiro atoms. The highest BCUT2D eigenvalue weighted by molar-refractivity contribution is 5.61. The van der Waals surface area contributed by atoms with Crippen molar-refractivity contribution in [2.75, 3.05) is 11.9 Å². The summed E-state index contributed by atoms with van der Waals surface area (Å²) in [6, 6.07) is 13.2. The zero-order valence-electron chi connectivity index (χ0n) is 13.1. The van der Waals surface area contributed by atoms with Gasteiger partial charge in [0, 0.05) is 17.2 Å². The molecule has 0 bridgehead atoms. The van der Waals surface area contributed by atoms with Crippen LogP contribution in [-0.2, 0) is 0 Å². The molecule has 4 rings (SSSR count). The van der Waals surface area contributed by atoms with Crippen molar-refractivity contribution in [1.29, 1.82) is 0 Å². The minimum absolute atomic E-state index is 0.00152. The van der Waals surface area contributed by atoms with E-state index < -0.39 is 0 Å². The van der Waals surface area contributed by atoms with Gasteiger partial charge in [-0.2, -0.15) is 0 Å². The molecule has 0 saturated carbocycles. The number of hydrogen-bond acceptors (Lipinski definition) is 2. The van der Waals surface area contributed by atoms with Crippen LogP contribution >= 0.6 is 0 Å². The lowest BCUT2D eigenvalue weighted by molar-refractivity contribution is 0.338. The standard InChI is InChI=1S/C20H20FNO/c1-2-23-13-10-11-19-17(12-13)14-7-5-8-15(14)20(22-19)16-6-3-4-9-18(16)21/h3-7,9-12,14-15,20,22H,2,8H2,1H3/t14-,15-,20+/m1/s1. The summed E-state index contributed by atoms with van der Waals surface area (Å²) in [6.07, 6.45) is 5.44. The van der Waals surface area contributed by atoms with Gasteiger partial charge in [0.2, 0.25) is 0 Å². The van der Waals surface area contributed by atoms with Crippen LogP contribution in [0.25, 0.3) is 0 Å². The maximum atomic E-state index is 14.3. The molecule has 0 saturated heterocycles. The fraction of sp³-hybridized carbons (Fsp3) is 0.300. The van der Waals surface area contributed by atoms with Crippen molar-refractivity contribution < 1.29 is 9.13 Å². The van der Waals surface area contributed by atoms with Crippen molar-refractivity contribution in [2.24, 2.45) is 5.92 Å². The summed E-state index contributed by atoms with van der Waals surface area (Å²) in [5.41, 5.74) is 3.09. The largest absolute Gasteiger partial charge is 0.494 e. The first-order chi connectivity index (χ1) is 11.3. The van der Waals surface area contributed by atoms with Crippen LogP contribution in [0, 0.1) is 11.7 Å². The summed E-state index contributed by atoms with van der Waals surface area (Å²) in [7, 11) is 0. The fourth-order valence-electron chi connectivity index (χ4n) is 3.86. The molecule has 1 aliphatic heterocycles.